The highest BCUT2D eigenvalue weighted by atomic mass is 16.5. The molecule has 7 heteroatoms. The number of carbonyl (C=O) groups is 2. The third kappa shape index (κ3) is 6.51. The van der Waals surface area contributed by atoms with Crippen LogP contribution in [0.1, 0.15) is 45.1 Å². The fourth-order valence-corrected chi connectivity index (χ4v) is 4.20. The minimum atomic E-state index is 0.0412. The molecule has 0 radical (unpaired) electrons. The van der Waals surface area contributed by atoms with Gasteiger partial charge in [0.1, 0.15) is 6.61 Å². The number of likely N-dealkylation sites (tertiary alicyclic amines) is 2. The molecule has 1 atom stereocenters. The number of aromatic nitrogens is 1. The lowest BCUT2D eigenvalue weighted by molar-refractivity contribution is -0.139. The first-order valence-corrected chi connectivity index (χ1v) is 10.8. The van der Waals surface area contributed by atoms with Crippen LogP contribution >= 0.6 is 0 Å². The lowest BCUT2D eigenvalue weighted by atomic mass is 9.93. The molecular formula is C22H34N4O3. The summed E-state index contributed by atoms with van der Waals surface area (Å²) in [6, 6.07) is 4.32. The number of pyridine rings is 1. The van der Waals surface area contributed by atoms with Crippen LogP contribution in [-0.4, -0.2) is 71.5 Å². The van der Waals surface area contributed by atoms with Crippen LogP contribution in [0.3, 0.4) is 0 Å². The molecule has 0 unspecified atom stereocenters. The molecule has 3 rings (SSSR count). The maximum atomic E-state index is 12.6. The molecule has 0 bridgehead atoms. The molecule has 7 nitrogen and oxygen atoms in total. The van der Waals surface area contributed by atoms with Gasteiger partial charge in [0.15, 0.2) is 0 Å². The Labute approximate surface area is 173 Å². The Hall–Kier alpha value is -1.99. The predicted octanol–water partition coefficient (Wildman–Crippen LogP) is 1.83. The second-order valence-corrected chi connectivity index (χ2v) is 8.38. The van der Waals surface area contributed by atoms with E-state index < -0.39 is 0 Å². The van der Waals surface area contributed by atoms with Gasteiger partial charge >= 0.3 is 0 Å². The summed E-state index contributed by atoms with van der Waals surface area (Å²) in [4.78, 5) is 33.4. The van der Waals surface area contributed by atoms with Crippen LogP contribution in [0, 0.1) is 5.92 Å². The Morgan fingerprint density at radius 3 is 2.72 bits per heavy atom. The van der Waals surface area contributed by atoms with Gasteiger partial charge in [-0.2, -0.15) is 0 Å². The molecule has 0 aromatic carbocycles. The average Bonchev–Trinajstić information content (AvgIpc) is 2.76. The van der Waals surface area contributed by atoms with Crippen molar-refractivity contribution in [1.82, 2.24) is 20.1 Å². The van der Waals surface area contributed by atoms with Crippen LogP contribution in [0.4, 0.5) is 0 Å². The van der Waals surface area contributed by atoms with E-state index in [9.17, 15) is 9.59 Å². The number of nitrogens with one attached hydrogen (secondary N) is 1. The van der Waals surface area contributed by atoms with Crippen molar-refractivity contribution in [2.75, 3.05) is 32.8 Å². The van der Waals surface area contributed by atoms with E-state index in [-0.39, 0.29) is 30.4 Å². The van der Waals surface area contributed by atoms with Crippen LogP contribution in [0.25, 0.3) is 0 Å². The first-order chi connectivity index (χ1) is 14.0. The average molecular weight is 403 g/mol. The van der Waals surface area contributed by atoms with Gasteiger partial charge in [0.2, 0.25) is 11.8 Å². The van der Waals surface area contributed by atoms with Gasteiger partial charge in [0.25, 0.3) is 0 Å². The minimum absolute atomic E-state index is 0.0412. The largest absolute Gasteiger partial charge is 0.369 e. The normalized spacial score (nSPS) is 21.3. The summed E-state index contributed by atoms with van der Waals surface area (Å²) in [7, 11) is 0. The molecular weight excluding hydrogens is 368 g/mol. The third-order valence-corrected chi connectivity index (χ3v) is 5.89. The molecule has 1 aromatic heterocycles. The molecule has 2 saturated heterocycles. The van der Waals surface area contributed by atoms with Gasteiger partial charge in [-0.25, -0.2) is 0 Å². The van der Waals surface area contributed by atoms with E-state index in [1.54, 1.807) is 12.4 Å². The Morgan fingerprint density at radius 1 is 1.24 bits per heavy atom. The Kier molecular flexibility index (Phi) is 8.00. The fraction of sp³-hybridized carbons (Fsp3) is 0.682. The molecule has 1 aromatic rings. The third-order valence-electron chi connectivity index (χ3n) is 5.89. The number of ether oxygens (including phenoxy) is 1. The maximum Gasteiger partial charge on any atom is 0.248 e. The van der Waals surface area contributed by atoms with Crippen molar-refractivity contribution in [3.63, 3.8) is 0 Å². The zero-order valence-electron chi connectivity index (χ0n) is 17.7. The summed E-state index contributed by atoms with van der Waals surface area (Å²) in [6.45, 7) is 8.00. The van der Waals surface area contributed by atoms with E-state index >= 15 is 0 Å². The van der Waals surface area contributed by atoms with Crippen molar-refractivity contribution in [1.29, 1.82) is 0 Å². The molecule has 2 aliphatic rings. The highest BCUT2D eigenvalue weighted by Crippen LogP contribution is 2.24. The number of carbonyl (C=O) groups excluding carboxylic acids is 2. The van der Waals surface area contributed by atoms with Crippen molar-refractivity contribution >= 4 is 11.8 Å². The molecule has 29 heavy (non-hydrogen) atoms. The number of amides is 2. The van der Waals surface area contributed by atoms with Crippen LogP contribution in [0.2, 0.25) is 0 Å². The van der Waals surface area contributed by atoms with Crippen LogP contribution in [0.5, 0.6) is 0 Å². The van der Waals surface area contributed by atoms with Gasteiger partial charge in [0.05, 0.1) is 12.0 Å². The molecule has 0 spiro atoms. The summed E-state index contributed by atoms with van der Waals surface area (Å²) in [5.41, 5.74) is 1.02. The second-order valence-electron chi connectivity index (χ2n) is 8.38. The van der Waals surface area contributed by atoms with Crippen molar-refractivity contribution < 1.29 is 14.3 Å². The Bertz CT molecular complexity index is 659. The standard InChI is InChI=1S/C22H34N4O3/c1-17(2)29-16-21(27)25-11-7-20(8-12-25)26-10-4-6-19(15-26)22(28)24-14-18-5-3-9-23-13-18/h3,5,9,13,17,19-20H,4,6-8,10-12,14-16H2,1-2H3,(H,24,28)/t19-/m1/s1. The number of rotatable bonds is 7. The SMILES string of the molecule is CC(C)OCC(=O)N1CCC(N2CCC[C@@H](C(=O)NCc3cccnc3)C2)CC1. The minimum Gasteiger partial charge on any atom is -0.369 e. The summed E-state index contributed by atoms with van der Waals surface area (Å²) in [6.07, 6.45) is 7.53. The Balaban J connectivity index is 1.42. The zero-order chi connectivity index (χ0) is 20.6. The number of hydrogen-bond donors (Lipinski definition) is 1. The molecule has 2 amide bonds. The van der Waals surface area contributed by atoms with Crippen molar-refractivity contribution in [2.45, 2.75) is 58.2 Å². The van der Waals surface area contributed by atoms with Gasteiger partial charge < -0.3 is 15.0 Å². The molecule has 2 fully saturated rings. The van der Waals surface area contributed by atoms with Crippen LogP contribution < -0.4 is 5.32 Å². The summed E-state index contributed by atoms with van der Waals surface area (Å²) >= 11 is 0. The second kappa shape index (κ2) is 10.7. The number of nitrogens with zero attached hydrogens (tertiary/aromatic N) is 3. The topological polar surface area (TPSA) is 74.8 Å². The van der Waals surface area contributed by atoms with E-state index in [4.69, 9.17) is 4.74 Å². The monoisotopic (exact) mass is 402 g/mol. The highest BCUT2D eigenvalue weighted by Gasteiger charge is 2.32. The molecule has 3 heterocycles. The van der Waals surface area contributed by atoms with Gasteiger partial charge in [-0.3, -0.25) is 19.5 Å². The summed E-state index contributed by atoms with van der Waals surface area (Å²) in [5.74, 6) is 0.264. The van der Waals surface area contributed by atoms with Crippen LogP contribution in [-0.2, 0) is 20.9 Å². The lowest BCUT2D eigenvalue weighted by Gasteiger charge is -2.42. The van der Waals surface area contributed by atoms with Gasteiger partial charge in [-0.05, 0) is 57.7 Å². The quantitative estimate of drug-likeness (QED) is 0.753. The Morgan fingerprint density at radius 2 is 2.03 bits per heavy atom. The van der Waals surface area contributed by atoms with E-state index in [2.05, 4.69) is 15.2 Å². The summed E-state index contributed by atoms with van der Waals surface area (Å²) in [5, 5.41) is 3.06. The predicted molar refractivity (Wildman–Crippen MR) is 111 cm³/mol. The van der Waals surface area contributed by atoms with Gasteiger partial charge in [-0.15, -0.1) is 0 Å². The van der Waals surface area contributed by atoms with Crippen molar-refractivity contribution in [3.8, 4) is 0 Å². The van der Waals surface area contributed by atoms with E-state index in [1.807, 2.05) is 30.9 Å². The molecule has 160 valence electrons. The smallest absolute Gasteiger partial charge is 0.248 e. The van der Waals surface area contributed by atoms with E-state index in [0.29, 0.717) is 12.6 Å². The first-order valence-electron chi connectivity index (χ1n) is 10.8. The maximum absolute atomic E-state index is 12.6. The fourth-order valence-electron chi connectivity index (χ4n) is 4.20. The van der Waals surface area contributed by atoms with Gasteiger partial charge in [0, 0.05) is 44.6 Å². The van der Waals surface area contributed by atoms with E-state index in [0.717, 1.165) is 57.4 Å². The van der Waals surface area contributed by atoms with Crippen molar-refractivity contribution in [3.05, 3.63) is 30.1 Å². The summed E-state index contributed by atoms with van der Waals surface area (Å²) < 4.78 is 5.45. The molecule has 0 aliphatic carbocycles. The molecule has 2 aliphatic heterocycles. The van der Waals surface area contributed by atoms with Crippen molar-refractivity contribution in [2.24, 2.45) is 5.92 Å². The lowest BCUT2D eigenvalue weighted by Crippen LogP contribution is -2.52. The molecule has 1 N–H and O–H groups in total. The first kappa shape index (κ1) is 21.7. The molecule has 0 saturated carbocycles. The highest BCUT2D eigenvalue weighted by molar-refractivity contribution is 5.79. The van der Waals surface area contributed by atoms with Gasteiger partial charge in [-0.1, -0.05) is 6.07 Å². The zero-order valence-corrected chi connectivity index (χ0v) is 17.7. The number of hydrogen-bond acceptors (Lipinski definition) is 5. The van der Waals surface area contributed by atoms with E-state index in [1.165, 1.54) is 0 Å². The number of piperidine rings is 2. The van der Waals surface area contributed by atoms with Crippen LogP contribution in [0.15, 0.2) is 24.5 Å².